The molecule has 9 heteroatoms. The summed E-state index contributed by atoms with van der Waals surface area (Å²) in [6.45, 7) is 3.59. The molecule has 1 amide bonds. The fourth-order valence-electron chi connectivity index (χ4n) is 3.23. The Kier molecular flexibility index (Phi) is 6.94. The van der Waals surface area contributed by atoms with Gasteiger partial charge >= 0.3 is 0 Å². The fraction of sp³-hybridized carbons (Fsp3) is 0.350. The Balaban J connectivity index is 1.66. The molecular formula is C20H25BrN4O3S. The van der Waals surface area contributed by atoms with Gasteiger partial charge in [0.05, 0.1) is 11.4 Å². The summed E-state index contributed by atoms with van der Waals surface area (Å²) in [4.78, 5) is 12.7. The Labute approximate surface area is 179 Å². The van der Waals surface area contributed by atoms with Crippen LogP contribution in [0.1, 0.15) is 36.9 Å². The van der Waals surface area contributed by atoms with Crippen molar-refractivity contribution >= 4 is 43.2 Å². The molecule has 0 aromatic heterocycles. The zero-order valence-electron chi connectivity index (χ0n) is 16.3. The number of carbonyl (C=O) groups excluding carboxylic acids is 1. The van der Waals surface area contributed by atoms with Crippen LogP contribution < -0.4 is 20.9 Å². The smallest absolute Gasteiger partial charge is 0.242 e. The average Bonchev–Trinajstić information content (AvgIpc) is 3.15. The lowest BCUT2D eigenvalue weighted by Crippen LogP contribution is -2.39. The predicted octanol–water partition coefficient (Wildman–Crippen LogP) is 3.46. The van der Waals surface area contributed by atoms with Crippen LogP contribution in [-0.2, 0) is 14.8 Å². The van der Waals surface area contributed by atoms with Crippen molar-refractivity contribution in [3.05, 3.63) is 58.1 Å². The maximum atomic E-state index is 12.7. The zero-order chi connectivity index (χ0) is 21.0. The number of carbonyl (C=O) groups is 1. The summed E-state index contributed by atoms with van der Waals surface area (Å²) in [7, 11) is -3.40. The van der Waals surface area contributed by atoms with E-state index >= 15 is 0 Å². The van der Waals surface area contributed by atoms with Gasteiger partial charge in [-0.15, -0.1) is 0 Å². The Morgan fingerprint density at radius 1 is 1.14 bits per heavy atom. The Morgan fingerprint density at radius 2 is 1.83 bits per heavy atom. The van der Waals surface area contributed by atoms with E-state index in [9.17, 15) is 13.2 Å². The summed E-state index contributed by atoms with van der Waals surface area (Å²) in [6, 6.07) is 12.8. The highest BCUT2D eigenvalue weighted by Gasteiger charge is 2.30. The van der Waals surface area contributed by atoms with Crippen molar-refractivity contribution in [2.24, 2.45) is 0 Å². The summed E-state index contributed by atoms with van der Waals surface area (Å²) in [5.41, 5.74) is 9.04. The molecular weight excluding hydrogens is 456 g/mol. The van der Waals surface area contributed by atoms with E-state index in [1.165, 1.54) is 0 Å². The van der Waals surface area contributed by atoms with Gasteiger partial charge in [-0.3, -0.25) is 9.52 Å². The Morgan fingerprint density at radius 3 is 2.52 bits per heavy atom. The quantitative estimate of drug-likeness (QED) is 0.486. The van der Waals surface area contributed by atoms with Crippen molar-refractivity contribution in [1.29, 1.82) is 0 Å². The molecule has 29 heavy (non-hydrogen) atoms. The van der Waals surface area contributed by atoms with E-state index in [0.717, 1.165) is 10.0 Å². The van der Waals surface area contributed by atoms with Crippen molar-refractivity contribution in [1.82, 2.24) is 10.9 Å². The molecule has 2 atom stereocenters. The van der Waals surface area contributed by atoms with Crippen LogP contribution in [0, 0.1) is 6.92 Å². The maximum absolute atomic E-state index is 12.7. The van der Waals surface area contributed by atoms with Gasteiger partial charge in [-0.25, -0.2) is 19.3 Å². The summed E-state index contributed by atoms with van der Waals surface area (Å²) < 4.78 is 27.7. The third-order valence-electron chi connectivity index (χ3n) is 4.82. The third kappa shape index (κ3) is 5.57. The summed E-state index contributed by atoms with van der Waals surface area (Å²) in [6.07, 6.45) is 1.14. The normalized spacial score (nSPS) is 19.1. The number of halogens is 1. The molecule has 2 aromatic carbocycles. The molecule has 1 aliphatic rings. The van der Waals surface area contributed by atoms with Crippen LogP contribution in [-0.4, -0.2) is 26.1 Å². The van der Waals surface area contributed by atoms with Gasteiger partial charge in [0.2, 0.25) is 15.9 Å². The number of anilines is 2. The van der Waals surface area contributed by atoms with E-state index in [4.69, 9.17) is 0 Å². The van der Waals surface area contributed by atoms with E-state index in [1.54, 1.807) is 25.1 Å². The van der Waals surface area contributed by atoms with Crippen molar-refractivity contribution in [3.8, 4) is 0 Å². The fourth-order valence-corrected chi connectivity index (χ4v) is 4.69. The average molecular weight is 481 g/mol. The van der Waals surface area contributed by atoms with Gasteiger partial charge in [0.1, 0.15) is 6.04 Å². The minimum Gasteiger partial charge on any atom is -0.324 e. The molecule has 0 bridgehead atoms. The number of hydrazine groups is 1. The molecule has 7 nitrogen and oxygen atoms in total. The van der Waals surface area contributed by atoms with E-state index in [-0.39, 0.29) is 17.7 Å². The molecule has 0 radical (unpaired) electrons. The highest BCUT2D eigenvalue weighted by molar-refractivity contribution is 9.10. The van der Waals surface area contributed by atoms with Gasteiger partial charge in [-0.05, 0) is 55.2 Å². The molecule has 1 saturated heterocycles. The van der Waals surface area contributed by atoms with E-state index < -0.39 is 16.1 Å². The maximum Gasteiger partial charge on any atom is 0.242 e. The molecule has 0 aliphatic carbocycles. The molecule has 156 valence electrons. The minimum absolute atomic E-state index is 0.0344. The van der Waals surface area contributed by atoms with Crippen molar-refractivity contribution in [2.45, 2.75) is 38.8 Å². The summed E-state index contributed by atoms with van der Waals surface area (Å²) >= 11 is 3.42. The molecule has 4 N–H and O–H groups in total. The number of nitrogens with one attached hydrogen (secondary N) is 4. The van der Waals surface area contributed by atoms with Gasteiger partial charge in [0, 0.05) is 16.2 Å². The number of sulfonamides is 1. The first-order chi connectivity index (χ1) is 13.8. The van der Waals surface area contributed by atoms with Crippen molar-refractivity contribution in [3.63, 3.8) is 0 Å². The second-order valence-electron chi connectivity index (χ2n) is 7.07. The van der Waals surface area contributed by atoms with Gasteiger partial charge in [-0.2, -0.15) is 0 Å². The molecule has 0 saturated carbocycles. The van der Waals surface area contributed by atoms with Crippen LogP contribution in [0.5, 0.6) is 0 Å². The Bertz CT molecular complexity index is 980. The largest absolute Gasteiger partial charge is 0.324 e. The SMILES string of the molecule is CCCS(=O)(=O)Nc1cccc(NC(=O)C2CC(c3ccc(Br)cc3)NN2)c1C. The third-order valence-corrected chi connectivity index (χ3v) is 6.83. The first-order valence-electron chi connectivity index (χ1n) is 9.46. The number of amides is 1. The standard InChI is InChI=1S/C20H25BrN4O3S/c1-3-11-29(27,28)25-17-6-4-5-16(13(17)2)22-20(26)19-12-18(23-24-19)14-7-9-15(21)10-8-14/h4-10,18-19,23-25H,3,11-12H2,1-2H3,(H,22,26). The predicted molar refractivity (Wildman–Crippen MR) is 119 cm³/mol. The van der Waals surface area contributed by atoms with E-state index in [0.29, 0.717) is 29.8 Å². The number of rotatable bonds is 7. The minimum atomic E-state index is -3.40. The molecule has 2 aromatic rings. The molecule has 2 unspecified atom stereocenters. The van der Waals surface area contributed by atoms with Crippen LogP contribution >= 0.6 is 15.9 Å². The molecule has 1 fully saturated rings. The lowest BCUT2D eigenvalue weighted by Gasteiger charge is -2.16. The first kappa shape index (κ1) is 21.8. The van der Waals surface area contributed by atoms with Crippen molar-refractivity contribution in [2.75, 3.05) is 15.8 Å². The molecule has 0 spiro atoms. The van der Waals surface area contributed by atoms with Gasteiger partial charge in [0.15, 0.2) is 0 Å². The van der Waals surface area contributed by atoms with Gasteiger partial charge < -0.3 is 5.32 Å². The van der Waals surface area contributed by atoms with Crippen molar-refractivity contribution < 1.29 is 13.2 Å². The molecule has 3 rings (SSSR count). The second kappa shape index (κ2) is 9.25. The lowest BCUT2D eigenvalue weighted by molar-refractivity contribution is -0.117. The van der Waals surface area contributed by atoms with Gasteiger partial charge in [0.25, 0.3) is 0 Å². The van der Waals surface area contributed by atoms with E-state index in [2.05, 4.69) is 36.8 Å². The zero-order valence-corrected chi connectivity index (χ0v) is 18.7. The van der Waals surface area contributed by atoms with Crippen LogP contribution in [0.25, 0.3) is 0 Å². The second-order valence-corrected chi connectivity index (χ2v) is 9.83. The number of hydrogen-bond donors (Lipinski definition) is 4. The van der Waals surface area contributed by atoms with E-state index in [1.807, 2.05) is 31.2 Å². The number of benzene rings is 2. The highest BCUT2D eigenvalue weighted by atomic mass is 79.9. The van der Waals surface area contributed by atoms with Crippen LogP contribution in [0.2, 0.25) is 0 Å². The van der Waals surface area contributed by atoms with Crippen LogP contribution in [0.15, 0.2) is 46.9 Å². The highest BCUT2D eigenvalue weighted by Crippen LogP contribution is 2.27. The topological polar surface area (TPSA) is 99.3 Å². The van der Waals surface area contributed by atoms with Gasteiger partial charge in [-0.1, -0.05) is 41.1 Å². The number of hydrogen-bond acceptors (Lipinski definition) is 5. The van der Waals surface area contributed by atoms with Crippen LogP contribution in [0.3, 0.4) is 0 Å². The first-order valence-corrected chi connectivity index (χ1v) is 11.9. The molecule has 1 heterocycles. The monoisotopic (exact) mass is 480 g/mol. The molecule has 1 aliphatic heterocycles. The Hall–Kier alpha value is -1.94. The summed E-state index contributed by atoms with van der Waals surface area (Å²) in [5, 5.41) is 2.91. The summed E-state index contributed by atoms with van der Waals surface area (Å²) in [5.74, 6) is -0.119. The van der Waals surface area contributed by atoms with Crippen LogP contribution in [0.4, 0.5) is 11.4 Å². The lowest BCUT2D eigenvalue weighted by atomic mass is 10.0.